The average Bonchev–Trinajstić information content (AvgIpc) is 3.34. The van der Waals surface area contributed by atoms with Crippen LogP contribution in [-0.4, -0.2) is 20.3 Å². The molecule has 0 fully saturated rings. The molecule has 2 heterocycles. The van der Waals surface area contributed by atoms with Crippen molar-refractivity contribution < 1.29 is 22.1 Å². The average molecular weight is 386 g/mol. The lowest BCUT2D eigenvalue weighted by Crippen LogP contribution is -1.94. The summed E-state index contributed by atoms with van der Waals surface area (Å²) in [6.07, 6.45) is -2.80. The van der Waals surface area contributed by atoms with E-state index in [1.807, 2.05) is 31.2 Å². The fourth-order valence-electron chi connectivity index (χ4n) is 2.57. The summed E-state index contributed by atoms with van der Waals surface area (Å²) < 4.78 is 49.5. The first-order valence-electron chi connectivity index (χ1n) is 8.29. The van der Waals surface area contributed by atoms with Crippen LogP contribution in [0.25, 0.3) is 22.8 Å². The molecule has 0 spiro atoms. The van der Waals surface area contributed by atoms with Gasteiger partial charge in [0.2, 0.25) is 17.6 Å². The third-order valence-electron chi connectivity index (χ3n) is 4.05. The van der Waals surface area contributed by atoms with E-state index in [9.17, 15) is 13.2 Å². The molecule has 28 heavy (non-hydrogen) atoms. The third kappa shape index (κ3) is 3.64. The van der Waals surface area contributed by atoms with Crippen LogP contribution in [0, 0.1) is 12.7 Å². The monoisotopic (exact) mass is 386 g/mol. The Morgan fingerprint density at radius 1 is 1.00 bits per heavy atom. The first-order chi connectivity index (χ1) is 13.5. The molecule has 0 aliphatic rings. The van der Waals surface area contributed by atoms with Crippen LogP contribution >= 0.6 is 0 Å². The number of aryl methyl sites for hydroxylation is 1. The molecule has 0 aliphatic heterocycles. The largest absolute Gasteiger partial charge is 0.415 e. The van der Waals surface area contributed by atoms with Gasteiger partial charge in [-0.15, -0.1) is 10.2 Å². The molecule has 6 nitrogen and oxygen atoms in total. The van der Waals surface area contributed by atoms with Gasteiger partial charge in [-0.25, -0.2) is 4.39 Å². The number of rotatable bonds is 5. The van der Waals surface area contributed by atoms with E-state index in [0.717, 1.165) is 17.2 Å². The lowest BCUT2D eigenvalue weighted by Gasteiger charge is -2.01. The molecule has 4 rings (SSSR count). The van der Waals surface area contributed by atoms with Crippen molar-refractivity contribution in [3.05, 3.63) is 71.2 Å². The van der Waals surface area contributed by atoms with Crippen molar-refractivity contribution in [3.8, 4) is 22.8 Å². The molecule has 0 bridgehead atoms. The molecule has 0 aliphatic carbocycles. The molecule has 0 amide bonds. The van der Waals surface area contributed by atoms with E-state index in [0.29, 0.717) is 11.4 Å². The summed E-state index contributed by atoms with van der Waals surface area (Å²) >= 11 is 0. The summed E-state index contributed by atoms with van der Waals surface area (Å²) in [5.41, 5.74) is 2.40. The van der Waals surface area contributed by atoms with Gasteiger partial charge in [-0.2, -0.15) is 13.8 Å². The van der Waals surface area contributed by atoms with Crippen LogP contribution in [0.3, 0.4) is 0 Å². The number of aromatic nitrogens is 4. The molecule has 142 valence electrons. The maximum Gasteiger partial charge on any atom is 0.314 e. The second kappa shape index (κ2) is 7.26. The first kappa shape index (κ1) is 17.9. The van der Waals surface area contributed by atoms with Gasteiger partial charge in [0.25, 0.3) is 5.89 Å². The van der Waals surface area contributed by atoms with Crippen LogP contribution in [0.4, 0.5) is 13.2 Å². The summed E-state index contributed by atoms with van der Waals surface area (Å²) in [6, 6.07) is 11.7. The van der Waals surface area contributed by atoms with E-state index in [1.165, 1.54) is 12.1 Å². The van der Waals surface area contributed by atoms with Gasteiger partial charge < -0.3 is 8.94 Å². The standard InChI is InChI=1S/C19H13F3N4O2/c1-10-2-4-11(5-3-10)17-23-15(28-26-17)9-12-6-7-13(8-14(12)20)18-24-25-19(27-18)16(21)22/h2-8,16H,9H2,1H3. The summed E-state index contributed by atoms with van der Waals surface area (Å²) in [5, 5.41) is 10.6. The Kier molecular flexibility index (Phi) is 4.64. The van der Waals surface area contributed by atoms with Gasteiger partial charge in [0.15, 0.2) is 0 Å². The normalized spacial score (nSPS) is 11.3. The highest BCUT2D eigenvalue weighted by Gasteiger charge is 2.18. The Bertz CT molecular complexity index is 1110. The number of hydrogen-bond donors (Lipinski definition) is 0. The maximum atomic E-state index is 14.4. The van der Waals surface area contributed by atoms with Crippen LogP contribution in [0.2, 0.25) is 0 Å². The smallest absolute Gasteiger partial charge is 0.314 e. The van der Waals surface area contributed by atoms with Crippen molar-refractivity contribution in [3.63, 3.8) is 0 Å². The van der Waals surface area contributed by atoms with E-state index in [4.69, 9.17) is 8.94 Å². The van der Waals surface area contributed by atoms with Crippen molar-refractivity contribution >= 4 is 0 Å². The molecule has 0 N–H and O–H groups in total. The summed E-state index contributed by atoms with van der Waals surface area (Å²) in [7, 11) is 0. The number of hydrogen-bond acceptors (Lipinski definition) is 6. The van der Waals surface area contributed by atoms with Crippen LogP contribution in [-0.2, 0) is 6.42 Å². The minimum atomic E-state index is -2.88. The predicted molar refractivity (Wildman–Crippen MR) is 91.9 cm³/mol. The van der Waals surface area contributed by atoms with Gasteiger partial charge in [0.05, 0.1) is 6.42 Å². The highest BCUT2D eigenvalue weighted by Crippen LogP contribution is 2.25. The fraction of sp³-hybridized carbons (Fsp3) is 0.158. The molecular formula is C19H13F3N4O2. The van der Waals surface area contributed by atoms with Gasteiger partial charge in [-0.05, 0) is 24.6 Å². The van der Waals surface area contributed by atoms with E-state index >= 15 is 0 Å². The Morgan fingerprint density at radius 3 is 2.43 bits per heavy atom. The number of halogens is 3. The molecule has 0 atom stereocenters. The Hall–Kier alpha value is -3.49. The van der Waals surface area contributed by atoms with Gasteiger partial charge in [0.1, 0.15) is 5.82 Å². The predicted octanol–water partition coefficient (Wildman–Crippen LogP) is 4.76. The maximum absolute atomic E-state index is 14.4. The zero-order valence-electron chi connectivity index (χ0n) is 14.6. The molecule has 0 unspecified atom stereocenters. The Balaban J connectivity index is 1.53. The topological polar surface area (TPSA) is 77.8 Å². The summed E-state index contributed by atoms with van der Waals surface area (Å²) in [5.74, 6) is -0.907. The van der Waals surface area contributed by atoms with Gasteiger partial charge in [-0.3, -0.25) is 0 Å². The van der Waals surface area contributed by atoms with Crippen LogP contribution < -0.4 is 0 Å². The molecular weight excluding hydrogens is 373 g/mol. The Morgan fingerprint density at radius 2 is 1.75 bits per heavy atom. The highest BCUT2D eigenvalue weighted by atomic mass is 19.3. The van der Waals surface area contributed by atoms with Gasteiger partial charge in [-0.1, -0.05) is 41.1 Å². The summed E-state index contributed by atoms with van der Waals surface area (Å²) in [6.45, 7) is 1.97. The van der Waals surface area contributed by atoms with E-state index in [1.54, 1.807) is 0 Å². The quantitative estimate of drug-likeness (QED) is 0.492. The second-order valence-corrected chi connectivity index (χ2v) is 6.11. The minimum Gasteiger partial charge on any atom is -0.415 e. The number of alkyl halides is 2. The minimum absolute atomic E-state index is 0.0804. The molecule has 0 saturated heterocycles. The molecule has 9 heteroatoms. The van der Waals surface area contributed by atoms with Crippen molar-refractivity contribution in [1.82, 2.24) is 20.3 Å². The number of nitrogens with zero attached hydrogens (tertiary/aromatic N) is 4. The molecule has 0 radical (unpaired) electrons. The Labute approximate surface area is 157 Å². The van der Waals surface area contributed by atoms with Crippen molar-refractivity contribution in [2.24, 2.45) is 0 Å². The summed E-state index contributed by atoms with van der Waals surface area (Å²) in [4.78, 5) is 4.28. The van der Waals surface area contributed by atoms with Crippen molar-refractivity contribution in [1.29, 1.82) is 0 Å². The fourth-order valence-corrected chi connectivity index (χ4v) is 2.57. The first-order valence-corrected chi connectivity index (χ1v) is 8.29. The molecule has 4 aromatic rings. The third-order valence-corrected chi connectivity index (χ3v) is 4.05. The van der Waals surface area contributed by atoms with Gasteiger partial charge in [0, 0.05) is 11.1 Å². The van der Waals surface area contributed by atoms with Crippen molar-refractivity contribution in [2.75, 3.05) is 0 Å². The second-order valence-electron chi connectivity index (χ2n) is 6.11. The van der Waals surface area contributed by atoms with Crippen LogP contribution in [0.1, 0.15) is 29.3 Å². The zero-order chi connectivity index (χ0) is 19.7. The van der Waals surface area contributed by atoms with Crippen LogP contribution in [0.5, 0.6) is 0 Å². The van der Waals surface area contributed by atoms with E-state index in [-0.39, 0.29) is 23.8 Å². The highest BCUT2D eigenvalue weighted by molar-refractivity contribution is 5.55. The van der Waals surface area contributed by atoms with E-state index in [2.05, 4.69) is 20.3 Å². The van der Waals surface area contributed by atoms with Crippen LogP contribution in [0.15, 0.2) is 51.4 Å². The van der Waals surface area contributed by atoms with E-state index < -0.39 is 18.1 Å². The lowest BCUT2D eigenvalue weighted by atomic mass is 10.1. The lowest BCUT2D eigenvalue weighted by molar-refractivity contribution is 0.116. The SMILES string of the molecule is Cc1ccc(-c2noc(Cc3ccc(-c4nnc(C(F)F)o4)cc3F)n2)cc1. The molecule has 2 aromatic carbocycles. The van der Waals surface area contributed by atoms with Crippen molar-refractivity contribution in [2.45, 2.75) is 19.8 Å². The molecule has 0 saturated carbocycles. The number of benzene rings is 2. The van der Waals surface area contributed by atoms with Gasteiger partial charge >= 0.3 is 6.43 Å². The molecule has 2 aromatic heterocycles. The zero-order valence-corrected chi connectivity index (χ0v) is 14.6.